The number of benzene rings is 1. The van der Waals surface area contributed by atoms with Crippen LogP contribution in [0.5, 0.6) is 0 Å². The highest BCUT2D eigenvalue weighted by atomic mass is 16.4. The number of hydrogen-bond acceptors (Lipinski definition) is 2. The maximum atomic E-state index is 10.9. The fraction of sp³-hybridized carbons (Fsp3) is 0.167. The van der Waals surface area contributed by atoms with Crippen LogP contribution in [0.15, 0.2) is 24.3 Å². The summed E-state index contributed by atoms with van der Waals surface area (Å²) in [4.78, 5) is 21.5. The molecule has 0 aliphatic carbocycles. The summed E-state index contributed by atoms with van der Waals surface area (Å²) in [6.45, 7) is 1.82. The van der Waals surface area contributed by atoms with Crippen molar-refractivity contribution < 1.29 is 14.7 Å². The van der Waals surface area contributed by atoms with Crippen LogP contribution in [0.3, 0.4) is 0 Å². The topological polar surface area (TPSA) is 80.4 Å². The minimum atomic E-state index is -0.984. The number of carbonyl (C=O) groups is 2. The van der Waals surface area contributed by atoms with Gasteiger partial charge >= 0.3 is 5.97 Å². The van der Waals surface area contributed by atoms with E-state index in [1.165, 1.54) is 6.07 Å². The summed E-state index contributed by atoms with van der Waals surface area (Å²) in [7, 11) is 0. The predicted molar refractivity (Wildman–Crippen MR) is 61.0 cm³/mol. The number of primary amides is 1. The average molecular weight is 219 g/mol. The Bertz CT molecular complexity index is 450. The lowest BCUT2D eigenvalue weighted by molar-refractivity contribution is -0.117. The van der Waals surface area contributed by atoms with Crippen molar-refractivity contribution in [3.05, 3.63) is 41.0 Å². The number of amides is 1. The standard InChI is InChI=1S/C12H13NO3/c1-8-4-2-6-10(12(15)16)9(8)5-3-7-11(13)14/h2-6H,7H2,1H3,(H2,13,14)(H,15,16). The molecule has 4 nitrogen and oxygen atoms in total. The lowest BCUT2D eigenvalue weighted by Gasteiger charge is -2.04. The Balaban J connectivity index is 3.06. The Morgan fingerprint density at radius 2 is 2.12 bits per heavy atom. The number of rotatable bonds is 4. The molecule has 3 N–H and O–H groups in total. The second-order valence-electron chi connectivity index (χ2n) is 3.41. The van der Waals surface area contributed by atoms with Crippen LogP contribution in [-0.2, 0) is 4.79 Å². The van der Waals surface area contributed by atoms with Crippen LogP contribution in [0.25, 0.3) is 6.08 Å². The van der Waals surface area contributed by atoms with E-state index >= 15 is 0 Å². The van der Waals surface area contributed by atoms with Crippen molar-refractivity contribution in [1.82, 2.24) is 0 Å². The summed E-state index contributed by atoms with van der Waals surface area (Å²) < 4.78 is 0. The molecule has 0 aliphatic heterocycles. The van der Waals surface area contributed by atoms with Crippen molar-refractivity contribution in [3.8, 4) is 0 Å². The van der Waals surface area contributed by atoms with Crippen LogP contribution in [0, 0.1) is 6.92 Å². The molecule has 0 saturated carbocycles. The second kappa shape index (κ2) is 5.11. The molecule has 1 rings (SSSR count). The summed E-state index contributed by atoms with van der Waals surface area (Å²) in [5.74, 6) is -1.43. The van der Waals surface area contributed by atoms with Gasteiger partial charge < -0.3 is 10.8 Å². The number of carbonyl (C=O) groups excluding carboxylic acids is 1. The van der Waals surface area contributed by atoms with Crippen molar-refractivity contribution in [2.45, 2.75) is 13.3 Å². The maximum absolute atomic E-state index is 10.9. The molecule has 0 atom stereocenters. The lowest BCUT2D eigenvalue weighted by atomic mass is 10.0. The van der Waals surface area contributed by atoms with E-state index in [0.29, 0.717) is 5.56 Å². The van der Waals surface area contributed by atoms with Crippen LogP contribution in [-0.4, -0.2) is 17.0 Å². The van der Waals surface area contributed by atoms with Crippen LogP contribution in [0.1, 0.15) is 27.9 Å². The van der Waals surface area contributed by atoms with E-state index in [9.17, 15) is 9.59 Å². The zero-order valence-corrected chi connectivity index (χ0v) is 8.93. The first-order valence-corrected chi connectivity index (χ1v) is 4.80. The summed E-state index contributed by atoms with van der Waals surface area (Å²) in [5.41, 5.74) is 6.66. The fourth-order valence-electron chi connectivity index (χ4n) is 1.38. The van der Waals surface area contributed by atoms with Gasteiger partial charge in [-0.15, -0.1) is 0 Å². The maximum Gasteiger partial charge on any atom is 0.336 e. The normalized spacial score (nSPS) is 10.6. The number of aromatic carboxylic acids is 1. The van der Waals surface area contributed by atoms with Crippen molar-refractivity contribution in [1.29, 1.82) is 0 Å². The Kier molecular flexibility index (Phi) is 3.83. The highest BCUT2D eigenvalue weighted by molar-refractivity contribution is 5.93. The van der Waals surface area contributed by atoms with Gasteiger partial charge in [0.1, 0.15) is 0 Å². The highest BCUT2D eigenvalue weighted by Gasteiger charge is 2.08. The van der Waals surface area contributed by atoms with Gasteiger partial charge in [-0.25, -0.2) is 4.79 Å². The quantitative estimate of drug-likeness (QED) is 0.806. The van der Waals surface area contributed by atoms with Gasteiger partial charge in [0.15, 0.2) is 0 Å². The van der Waals surface area contributed by atoms with E-state index in [0.717, 1.165) is 5.56 Å². The van der Waals surface area contributed by atoms with Gasteiger partial charge in [-0.1, -0.05) is 24.3 Å². The van der Waals surface area contributed by atoms with Crippen LogP contribution < -0.4 is 5.73 Å². The molecular formula is C12H13NO3. The number of carboxylic acid groups (broad SMARTS) is 1. The molecule has 0 unspecified atom stereocenters. The molecule has 1 aromatic rings. The van der Waals surface area contributed by atoms with Crippen molar-refractivity contribution in [3.63, 3.8) is 0 Å². The van der Waals surface area contributed by atoms with Gasteiger partial charge in [-0.05, 0) is 24.1 Å². The number of nitrogens with two attached hydrogens (primary N) is 1. The minimum absolute atomic E-state index is 0.105. The molecule has 1 aromatic carbocycles. The summed E-state index contributed by atoms with van der Waals surface area (Å²) in [5, 5.41) is 8.97. The summed E-state index contributed by atoms with van der Waals surface area (Å²) in [6.07, 6.45) is 3.29. The fourth-order valence-corrected chi connectivity index (χ4v) is 1.38. The van der Waals surface area contributed by atoms with Crippen LogP contribution >= 0.6 is 0 Å². The third-order valence-corrected chi connectivity index (χ3v) is 2.16. The van der Waals surface area contributed by atoms with Crippen molar-refractivity contribution in [2.24, 2.45) is 5.73 Å². The van der Waals surface area contributed by atoms with Gasteiger partial charge in [-0.3, -0.25) is 4.79 Å². The molecule has 0 heterocycles. The van der Waals surface area contributed by atoms with Crippen molar-refractivity contribution >= 4 is 18.0 Å². The average Bonchev–Trinajstić information content (AvgIpc) is 2.19. The highest BCUT2D eigenvalue weighted by Crippen LogP contribution is 2.16. The Hall–Kier alpha value is -2.10. The van der Waals surface area contributed by atoms with E-state index in [1.807, 2.05) is 13.0 Å². The third kappa shape index (κ3) is 2.95. The summed E-state index contributed by atoms with van der Waals surface area (Å²) >= 11 is 0. The molecule has 0 saturated heterocycles. The van der Waals surface area contributed by atoms with Gasteiger partial charge in [0, 0.05) is 6.42 Å². The first-order chi connectivity index (χ1) is 7.52. The first kappa shape index (κ1) is 12.0. The lowest BCUT2D eigenvalue weighted by Crippen LogP contribution is -2.08. The molecule has 0 aliphatic rings. The molecule has 0 aromatic heterocycles. The van der Waals surface area contributed by atoms with E-state index in [-0.39, 0.29) is 12.0 Å². The molecular weight excluding hydrogens is 206 g/mol. The SMILES string of the molecule is Cc1cccc(C(=O)O)c1C=CCC(N)=O. The molecule has 0 fully saturated rings. The Morgan fingerprint density at radius 1 is 1.44 bits per heavy atom. The minimum Gasteiger partial charge on any atom is -0.478 e. The first-order valence-electron chi connectivity index (χ1n) is 4.80. The molecule has 16 heavy (non-hydrogen) atoms. The molecule has 0 radical (unpaired) electrons. The van der Waals surface area contributed by atoms with Crippen molar-refractivity contribution in [2.75, 3.05) is 0 Å². The zero-order chi connectivity index (χ0) is 12.1. The number of hydrogen-bond donors (Lipinski definition) is 2. The van der Waals surface area contributed by atoms with Gasteiger partial charge in [0.25, 0.3) is 0 Å². The summed E-state index contributed by atoms with van der Waals surface area (Å²) in [6, 6.07) is 5.03. The predicted octanol–water partition coefficient (Wildman–Crippen LogP) is 1.58. The second-order valence-corrected chi connectivity index (χ2v) is 3.41. The van der Waals surface area contributed by atoms with E-state index < -0.39 is 11.9 Å². The number of carboxylic acids is 1. The van der Waals surface area contributed by atoms with E-state index in [4.69, 9.17) is 10.8 Å². The van der Waals surface area contributed by atoms with Crippen LogP contribution in [0.4, 0.5) is 0 Å². The number of aryl methyl sites for hydroxylation is 1. The van der Waals surface area contributed by atoms with Gasteiger partial charge in [0.2, 0.25) is 5.91 Å². The monoisotopic (exact) mass is 219 g/mol. The molecule has 0 spiro atoms. The molecule has 4 heteroatoms. The van der Waals surface area contributed by atoms with E-state index in [2.05, 4.69) is 0 Å². The third-order valence-electron chi connectivity index (χ3n) is 2.16. The smallest absolute Gasteiger partial charge is 0.336 e. The molecule has 84 valence electrons. The molecule has 1 amide bonds. The van der Waals surface area contributed by atoms with Gasteiger partial charge in [0.05, 0.1) is 5.56 Å². The molecule has 0 bridgehead atoms. The van der Waals surface area contributed by atoms with E-state index in [1.54, 1.807) is 18.2 Å². The zero-order valence-electron chi connectivity index (χ0n) is 8.93. The largest absolute Gasteiger partial charge is 0.478 e. The Morgan fingerprint density at radius 3 is 2.69 bits per heavy atom. The Labute approximate surface area is 93.4 Å². The van der Waals surface area contributed by atoms with Crippen LogP contribution in [0.2, 0.25) is 0 Å². The van der Waals surface area contributed by atoms with Gasteiger partial charge in [-0.2, -0.15) is 0 Å².